The molecule has 2 aliphatic rings. The number of carbonyl (C=O) groups is 3. The van der Waals surface area contributed by atoms with Crippen molar-refractivity contribution in [3.8, 4) is 0 Å². The van der Waals surface area contributed by atoms with Crippen molar-refractivity contribution in [2.45, 2.75) is 37.8 Å². The molecule has 8 heteroatoms. The molecule has 0 bridgehead atoms. The van der Waals surface area contributed by atoms with Crippen molar-refractivity contribution in [1.29, 1.82) is 0 Å². The van der Waals surface area contributed by atoms with Crippen LogP contribution >= 0.6 is 0 Å². The fraction of sp³-hybridized carbons (Fsp3) is 0.769. The molecular formula is C13H22N4O4. The van der Waals surface area contributed by atoms with E-state index in [-0.39, 0.29) is 18.6 Å². The van der Waals surface area contributed by atoms with Crippen LogP contribution in [-0.4, -0.2) is 71.1 Å². The second kappa shape index (κ2) is 6.86. The molecule has 0 aromatic carbocycles. The van der Waals surface area contributed by atoms with Crippen molar-refractivity contribution in [3.05, 3.63) is 0 Å². The fourth-order valence-corrected chi connectivity index (χ4v) is 3.28. The van der Waals surface area contributed by atoms with Gasteiger partial charge in [-0.2, -0.15) is 0 Å². The molecule has 8 nitrogen and oxygen atoms in total. The number of carbonyl (C=O) groups excluding carboxylic acids is 2. The van der Waals surface area contributed by atoms with Crippen LogP contribution in [0, 0.1) is 0 Å². The van der Waals surface area contributed by atoms with E-state index < -0.39 is 17.9 Å². The summed E-state index contributed by atoms with van der Waals surface area (Å²) in [7, 11) is 0. The number of urea groups is 1. The van der Waals surface area contributed by atoms with Crippen LogP contribution in [0.2, 0.25) is 0 Å². The number of amides is 3. The van der Waals surface area contributed by atoms with E-state index in [1.807, 2.05) is 10.2 Å². The Morgan fingerprint density at radius 3 is 2.38 bits per heavy atom. The minimum absolute atomic E-state index is 0.151. The van der Waals surface area contributed by atoms with Crippen molar-refractivity contribution < 1.29 is 19.5 Å². The lowest BCUT2D eigenvalue weighted by molar-refractivity contribution is -0.143. The van der Waals surface area contributed by atoms with Crippen LogP contribution in [0.4, 0.5) is 4.79 Å². The Hall–Kier alpha value is -1.67. The van der Waals surface area contributed by atoms with Crippen LogP contribution in [-0.2, 0) is 9.59 Å². The second-order valence-electron chi connectivity index (χ2n) is 5.65. The van der Waals surface area contributed by atoms with Crippen LogP contribution in [0.15, 0.2) is 0 Å². The third kappa shape index (κ3) is 4.15. The normalized spacial score (nSPS) is 24.9. The van der Waals surface area contributed by atoms with Crippen molar-refractivity contribution in [1.82, 2.24) is 15.1 Å². The van der Waals surface area contributed by atoms with Gasteiger partial charge in [0.2, 0.25) is 5.91 Å². The van der Waals surface area contributed by atoms with Crippen LogP contribution in [0.3, 0.4) is 0 Å². The van der Waals surface area contributed by atoms with Gasteiger partial charge < -0.3 is 10.8 Å². The fourth-order valence-electron chi connectivity index (χ4n) is 3.28. The Bertz CT molecular complexity index is 420. The first-order valence-corrected chi connectivity index (χ1v) is 7.27. The molecule has 21 heavy (non-hydrogen) atoms. The van der Waals surface area contributed by atoms with Gasteiger partial charge in [-0.1, -0.05) is 0 Å². The monoisotopic (exact) mass is 298 g/mol. The lowest BCUT2D eigenvalue weighted by atomic mass is 10.0. The highest BCUT2D eigenvalue weighted by Crippen LogP contribution is 2.26. The van der Waals surface area contributed by atoms with Gasteiger partial charge in [-0.3, -0.25) is 24.7 Å². The number of hydrogen-bond acceptors (Lipinski definition) is 5. The first-order chi connectivity index (χ1) is 9.97. The van der Waals surface area contributed by atoms with Gasteiger partial charge in [-0.15, -0.1) is 0 Å². The molecular weight excluding hydrogens is 276 g/mol. The van der Waals surface area contributed by atoms with E-state index in [1.54, 1.807) is 0 Å². The summed E-state index contributed by atoms with van der Waals surface area (Å²) in [6.07, 6.45) is 3.33. The summed E-state index contributed by atoms with van der Waals surface area (Å²) in [4.78, 5) is 37.3. The maximum atomic E-state index is 11.5. The molecule has 0 spiro atoms. The highest BCUT2D eigenvalue weighted by atomic mass is 16.4. The lowest BCUT2D eigenvalue weighted by Crippen LogP contribution is -2.50. The molecule has 118 valence electrons. The van der Waals surface area contributed by atoms with Gasteiger partial charge in [-0.05, 0) is 32.2 Å². The van der Waals surface area contributed by atoms with E-state index in [0.29, 0.717) is 0 Å². The number of carboxylic acids is 1. The van der Waals surface area contributed by atoms with Crippen molar-refractivity contribution in [2.75, 3.05) is 26.2 Å². The van der Waals surface area contributed by atoms with Gasteiger partial charge in [-0.25, -0.2) is 4.79 Å². The maximum Gasteiger partial charge on any atom is 0.320 e. The lowest BCUT2D eigenvalue weighted by Gasteiger charge is -2.38. The summed E-state index contributed by atoms with van der Waals surface area (Å²) in [5.74, 6) is -1.14. The Kier molecular flexibility index (Phi) is 5.13. The molecule has 0 saturated carbocycles. The predicted molar refractivity (Wildman–Crippen MR) is 74.6 cm³/mol. The summed E-state index contributed by atoms with van der Waals surface area (Å²) >= 11 is 0. The van der Waals surface area contributed by atoms with E-state index in [4.69, 9.17) is 5.73 Å². The van der Waals surface area contributed by atoms with Crippen LogP contribution < -0.4 is 11.1 Å². The number of aliphatic carboxylic acids is 1. The number of rotatable bonds is 4. The number of nitrogens with two attached hydrogens (primary N) is 1. The number of hydrogen-bond donors (Lipinski definition) is 3. The third-order valence-electron chi connectivity index (χ3n) is 4.24. The molecule has 2 saturated heterocycles. The molecule has 1 atom stereocenters. The van der Waals surface area contributed by atoms with Crippen molar-refractivity contribution >= 4 is 17.9 Å². The largest absolute Gasteiger partial charge is 0.480 e. The zero-order chi connectivity index (χ0) is 15.4. The second-order valence-corrected chi connectivity index (χ2v) is 5.65. The van der Waals surface area contributed by atoms with Crippen LogP contribution in [0.1, 0.15) is 25.7 Å². The number of likely N-dealkylation sites (tertiary alicyclic amines) is 2. The van der Waals surface area contributed by atoms with Gasteiger partial charge in [0.25, 0.3) is 0 Å². The molecule has 0 radical (unpaired) electrons. The summed E-state index contributed by atoms with van der Waals surface area (Å²) in [5.41, 5.74) is 4.90. The Morgan fingerprint density at radius 1 is 1.14 bits per heavy atom. The van der Waals surface area contributed by atoms with E-state index in [9.17, 15) is 19.5 Å². The van der Waals surface area contributed by atoms with Crippen LogP contribution in [0.5, 0.6) is 0 Å². The first kappa shape index (κ1) is 15.7. The van der Waals surface area contributed by atoms with Gasteiger partial charge in [0, 0.05) is 19.1 Å². The number of primary amides is 1. The van der Waals surface area contributed by atoms with E-state index in [2.05, 4.69) is 4.90 Å². The number of carboxylic acid groups (broad SMARTS) is 1. The Labute approximate surface area is 123 Å². The summed E-state index contributed by atoms with van der Waals surface area (Å²) in [5, 5.41) is 11.3. The van der Waals surface area contributed by atoms with Crippen molar-refractivity contribution in [3.63, 3.8) is 0 Å². The molecule has 3 amide bonds. The average Bonchev–Trinajstić information content (AvgIpc) is 2.88. The minimum Gasteiger partial charge on any atom is -0.480 e. The molecule has 1 unspecified atom stereocenters. The van der Waals surface area contributed by atoms with E-state index >= 15 is 0 Å². The SMILES string of the molecule is NC(=O)NC(=O)CN1CCC(N2CCCC2C(=O)O)CC1. The molecule has 4 N–H and O–H groups in total. The molecule has 0 aliphatic carbocycles. The number of nitrogens with zero attached hydrogens (tertiary/aromatic N) is 2. The number of nitrogens with one attached hydrogen (secondary N) is 1. The average molecular weight is 298 g/mol. The topological polar surface area (TPSA) is 116 Å². The highest BCUT2D eigenvalue weighted by molar-refractivity contribution is 5.94. The number of piperidine rings is 1. The zero-order valence-corrected chi connectivity index (χ0v) is 12.0. The zero-order valence-electron chi connectivity index (χ0n) is 12.0. The minimum atomic E-state index is -0.837. The van der Waals surface area contributed by atoms with Gasteiger partial charge >= 0.3 is 12.0 Å². The Balaban J connectivity index is 1.79. The van der Waals surface area contributed by atoms with Crippen molar-refractivity contribution in [2.24, 2.45) is 5.73 Å². The summed E-state index contributed by atoms with van der Waals surface area (Å²) < 4.78 is 0. The quantitative estimate of drug-likeness (QED) is 0.625. The maximum absolute atomic E-state index is 11.5. The Morgan fingerprint density at radius 2 is 1.81 bits per heavy atom. The molecule has 0 aromatic rings. The molecule has 2 aliphatic heterocycles. The number of imide groups is 1. The van der Waals surface area contributed by atoms with Gasteiger partial charge in [0.1, 0.15) is 6.04 Å². The third-order valence-corrected chi connectivity index (χ3v) is 4.24. The highest BCUT2D eigenvalue weighted by Gasteiger charge is 2.36. The van der Waals surface area contributed by atoms with Gasteiger partial charge in [0.15, 0.2) is 0 Å². The first-order valence-electron chi connectivity index (χ1n) is 7.27. The molecule has 0 aromatic heterocycles. The molecule has 2 fully saturated rings. The summed E-state index contributed by atoms with van der Waals surface area (Å²) in [6.45, 7) is 2.43. The standard InChI is InChI=1S/C13H22N4O4/c14-13(21)15-11(18)8-16-6-3-9(4-7-16)17-5-1-2-10(17)12(19)20/h9-10H,1-8H2,(H,19,20)(H3,14,15,18,21). The van der Waals surface area contributed by atoms with Gasteiger partial charge in [0.05, 0.1) is 6.54 Å². The van der Waals surface area contributed by atoms with E-state index in [1.165, 1.54) is 0 Å². The van der Waals surface area contributed by atoms with E-state index in [0.717, 1.165) is 45.3 Å². The predicted octanol–water partition coefficient (Wildman–Crippen LogP) is -0.805. The molecule has 2 rings (SSSR count). The van der Waals surface area contributed by atoms with Crippen LogP contribution in [0.25, 0.3) is 0 Å². The summed E-state index contributed by atoms with van der Waals surface area (Å²) in [6, 6.07) is -0.931. The molecule has 2 heterocycles. The smallest absolute Gasteiger partial charge is 0.320 e.